The third kappa shape index (κ3) is 3.21. The molecule has 0 aromatic carbocycles. The van der Waals surface area contributed by atoms with Crippen molar-refractivity contribution in [3.05, 3.63) is 0 Å². The van der Waals surface area contributed by atoms with Crippen LogP contribution in [0.25, 0.3) is 0 Å². The van der Waals surface area contributed by atoms with E-state index in [-0.39, 0.29) is 0 Å². The highest BCUT2D eigenvalue weighted by Gasteiger charge is 2.33. The van der Waals surface area contributed by atoms with Crippen LogP contribution in [0.2, 0.25) is 0 Å². The number of nitrogens with zero attached hydrogens (tertiary/aromatic N) is 2. The molecule has 2 unspecified atom stereocenters. The van der Waals surface area contributed by atoms with Gasteiger partial charge in [-0.3, -0.25) is 4.90 Å². The van der Waals surface area contributed by atoms with Gasteiger partial charge in [0.25, 0.3) is 0 Å². The average molecular weight is 240 g/mol. The van der Waals surface area contributed by atoms with Crippen molar-refractivity contribution in [1.29, 1.82) is 0 Å². The smallest absolute Gasteiger partial charge is 0.0446 e. The lowest BCUT2D eigenvalue weighted by Crippen LogP contribution is -2.59. The molecule has 1 heterocycles. The maximum absolute atomic E-state index is 9.24. The molecule has 3 heteroatoms. The number of aliphatic hydroxyl groups excluding tert-OH is 1. The zero-order valence-electron chi connectivity index (χ0n) is 11.4. The fraction of sp³-hybridized carbons (Fsp3) is 1.00. The Labute approximate surface area is 106 Å². The van der Waals surface area contributed by atoms with Gasteiger partial charge in [-0.25, -0.2) is 0 Å². The van der Waals surface area contributed by atoms with Crippen molar-refractivity contribution in [3.63, 3.8) is 0 Å². The number of hydrogen-bond donors (Lipinski definition) is 1. The van der Waals surface area contributed by atoms with Gasteiger partial charge in [0.1, 0.15) is 0 Å². The van der Waals surface area contributed by atoms with Crippen LogP contribution in [-0.2, 0) is 0 Å². The van der Waals surface area contributed by atoms with Crippen LogP contribution < -0.4 is 0 Å². The molecule has 1 saturated carbocycles. The van der Waals surface area contributed by atoms with Crippen LogP contribution in [0.4, 0.5) is 0 Å². The Bertz CT molecular complexity index is 228. The summed E-state index contributed by atoms with van der Waals surface area (Å²) in [5, 5.41) is 9.24. The number of hydrogen-bond acceptors (Lipinski definition) is 3. The summed E-state index contributed by atoms with van der Waals surface area (Å²) in [6.07, 6.45) is 7.91. The summed E-state index contributed by atoms with van der Waals surface area (Å²) < 4.78 is 0. The quantitative estimate of drug-likeness (QED) is 0.813. The molecule has 0 amide bonds. The second-order valence-electron chi connectivity index (χ2n) is 5.94. The molecule has 1 aliphatic carbocycles. The van der Waals surface area contributed by atoms with E-state index in [4.69, 9.17) is 0 Å². The lowest BCUT2D eigenvalue weighted by Gasteiger charge is -2.48. The van der Waals surface area contributed by atoms with Crippen molar-refractivity contribution in [1.82, 2.24) is 9.80 Å². The van der Waals surface area contributed by atoms with Gasteiger partial charge >= 0.3 is 0 Å². The van der Waals surface area contributed by atoms with E-state index in [2.05, 4.69) is 23.8 Å². The molecule has 2 atom stereocenters. The minimum Gasteiger partial charge on any atom is -0.396 e. The maximum atomic E-state index is 9.24. The van der Waals surface area contributed by atoms with Crippen molar-refractivity contribution in [2.24, 2.45) is 0 Å². The molecular formula is C14H28N2O. The van der Waals surface area contributed by atoms with E-state index in [1.807, 2.05) is 0 Å². The van der Waals surface area contributed by atoms with Crippen molar-refractivity contribution in [2.75, 3.05) is 26.7 Å². The predicted octanol–water partition coefficient (Wildman–Crippen LogP) is 1.71. The van der Waals surface area contributed by atoms with Gasteiger partial charge in [-0.15, -0.1) is 0 Å². The summed E-state index contributed by atoms with van der Waals surface area (Å²) in [5.74, 6) is 0. The summed E-state index contributed by atoms with van der Waals surface area (Å²) in [5.41, 5.74) is 0. The first kappa shape index (κ1) is 13.3. The van der Waals surface area contributed by atoms with Crippen molar-refractivity contribution in [2.45, 2.75) is 63.6 Å². The molecule has 17 heavy (non-hydrogen) atoms. The molecule has 2 rings (SSSR count). The number of aliphatic hydroxyl groups is 1. The lowest BCUT2D eigenvalue weighted by atomic mass is 9.91. The van der Waals surface area contributed by atoms with Gasteiger partial charge in [-0.2, -0.15) is 0 Å². The first-order valence-electron chi connectivity index (χ1n) is 7.29. The monoisotopic (exact) mass is 240 g/mol. The highest BCUT2D eigenvalue weighted by molar-refractivity contribution is 4.90. The lowest BCUT2D eigenvalue weighted by molar-refractivity contribution is -0.000416. The van der Waals surface area contributed by atoms with Gasteiger partial charge in [0.15, 0.2) is 0 Å². The standard InChI is InChI=1S/C14H28N2O/c1-12-10-16(13-6-4-3-5-7-13)14(8-9-17)11-15(12)2/h12-14,17H,3-11H2,1-2H3. The Balaban J connectivity index is 1.99. The normalized spacial score (nSPS) is 34.1. The van der Waals surface area contributed by atoms with Crippen molar-refractivity contribution < 1.29 is 5.11 Å². The van der Waals surface area contributed by atoms with Crippen LogP contribution in [-0.4, -0.2) is 59.8 Å². The summed E-state index contributed by atoms with van der Waals surface area (Å²) in [7, 11) is 2.22. The van der Waals surface area contributed by atoms with Gasteiger partial charge in [0.05, 0.1) is 0 Å². The maximum Gasteiger partial charge on any atom is 0.0446 e. The summed E-state index contributed by atoms with van der Waals surface area (Å²) in [6, 6.07) is 2.02. The molecule has 0 aromatic rings. The summed E-state index contributed by atoms with van der Waals surface area (Å²) in [4.78, 5) is 5.15. The Kier molecular flexibility index (Phi) is 4.83. The molecule has 100 valence electrons. The van der Waals surface area contributed by atoms with Gasteiger partial charge in [0, 0.05) is 37.8 Å². The molecule has 3 nitrogen and oxygen atoms in total. The minimum atomic E-state index is 0.329. The van der Waals surface area contributed by atoms with Crippen LogP contribution >= 0.6 is 0 Å². The average Bonchev–Trinajstić information content (AvgIpc) is 2.35. The third-order valence-electron chi connectivity index (χ3n) is 4.70. The predicted molar refractivity (Wildman–Crippen MR) is 71.2 cm³/mol. The van der Waals surface area contributed by atoms with Crippen LogP contribution in [0.1, 0.15) is 45.4 Å². The van der Waals surface area contributed by atoms with E-state index in [0.717, 1.165) is 19.0 Å². The first-order chi connectivity index (χ1) is 8.22. The Morgan fingerprint density at radius 2 is 1.82 bits per heavy atom. The van der Waals surface area contributed by atoms with Crippen LogP contribution in [0.3, 0.4) is 0 Å². The minimum absolute atomic E-state index is 0.329. The molecule has 0 bridgehead atoms. The van der Waals surface area contributed by atoms with Crippen molar-refractivity contribution in [3.8, 4) is 0 Å². The second kappa shape index (κ2) is 6.17. The van der Waals surface area contributed by atoms with Crippen LogP contribution in [0.5, 0.6) is 0 Å². The fourth-order valence-corrected chi connectivity index (χ4v) is 3.48. The largest absolute Gasteiger partial charge is 0.396 e. The first-order valence-corrected chi connectivity index (χ1v) is 7.29. The molecular weight excluding hydrogens is 212 g/mol. The topological polar surface area (TPSA) is 26.7 Å². The van der Waals surface area contributed by atoms with E-state index in [0.29, 0.717) is 18.7 Å². The molecule has 0 spiro atoms. The molecule has 2 fully saturated rings. The number of rotatable bonds is 3. The van der Waals surface area contributed by atoms with Gasteiger partial charge < -0.3 is 10.0 Å². The van der Waals surface area contributed by atoms with Crippen LogP contribution in [0, 0.1) is 0 Å². The molecule has 1 aliphatic heterocycles. The van der Waals surface area contributed by atoms with E-state index in [9.17, 15) is 5.11 Å². The second-order valence-corrected chi connectivity index (χ2v) is 5.94. The third-order valence-corrected chi connectivity index (χ3v) is 4.70. The molecule has 1 saturated heterocycles. The van der Waals surface area contributed by atoms with Crippen LogP contribution in [0.15, 0.2) is 0 Å². The molecule has 0 radical (unpaired) electrons. The summed E-state index contributed by atoms with van der Waals surface area (Å²) >= 11 is 0. The number of likely N-dealkylation sites (N-methyl/N-ethyl adjacent to an activating group) is 1. The SMILES string of the molecule is CC1CN(C2CCCCC2)C(CCO)CN1C. The van der Waals surface area contributed by atoms with E-state index in [1.54, 1.807) is 0 Å². The highest BCUT2D eigenvalue weighted by Crippen LogP contribution is 2.28. The number of piperazine rings is 1. The zero-order chi connectivity index (χ0) is 12.3. The van der Waals surface area contributed by atoms with Gasteiger partial charge in [0.2, 0.25) is 0 Å². The highest BCUT2D eigenvalue weighted by atomic mass is 16.3. The van der Waals surface area contributed by atoms with Gasteiger partial charge in [-0.05, 0) is 33.2 Å². The molecule has 0 aromatic heterocycles. The molecule has 1 N–H and O–H groups in total. The Hall–Kier alpha value is -0.120. The fourth-order valence-electron chi connectivity index (χ4n) is 3.48. The Morgan fingerprint density at radius 3 is 2.47 bits per heavy atom. The van der Waals surface area contributed by atoms with E-state index < -0.39 is 0 Å². The molecule has 2 aliphatic rings. The van der Waals surface area contributed by atoms with Crippen molar-refractivity contribution >= 4 is 0 Å². The zero-order valence-corrected chi connectivity index (χ0v) is 11.4. The Morgan fingerprint density at radius 1 is 1.12 bits per heavy atom. The van der Waals surface area contributed by atoms with Gasteiger partial charge in [-0.1, -0.05) is 19.3 Å². The van der Waals surface area contributed by atoms with E-state index >= 15 is 0 Å². The van der Waals surface area contributed by atoms with E-state index in [1.165, 1.54) is 38.6 Å². The summed E-state index contributed by atoms with van der Waals surface area (Å²) in [6.45, 7) is 4.96.